The van der Waals surface area contributed by atoms with Gasteiger partial charge in [0.05, 0.1) is 22.9 Å². The maximum absolute atomic E-state index is 12.4. The monoisotopic (exact) mass is 348 g/mol. The van der Waals surface area contributed by atoms with Crippen LogP contribution in [0.5, 0.6) is 0 Å². The molecule has 0 unspecified atom stereocenters. The van der Waals surface area contributed by atoms with Gasteiger partial charge in [0.1, 0.15) is 0 Å². The molecule has 1 aromatic heterocycles. The number of aromatic nitrogens is 3. The smallest absolute Gasteiger partial charge is 0.274 e. The van der Waals surface area contributed by atoms with Crippen LogP contribution in [0.3, 0.4) is 0 Å². The summed E-state index contributed by atoms with van der Waals surface area (Å²) < 4.78 is 24.6. The molecule has 3 rings (SSSR count). The molecule has 24 heavy (non-hydrogen) atoms. The third-order valence-corrected chi connectivity index (χ3v) is 5.90. The zero-order valence-corrected chi connectivity index (χ0v) is 14.7. The van der Waals surface area contributed by atoms with Gasteiger partial charge >= 0.3 is 0 Å². The van der Waals surface area contributed by atoms with Crippen molar-refractivity contribution in [3.05, 3.63) is 40.7 Å². The lowest BCUT2D eigenvalue weighted by atomic mass is 10.1. The number of benzene rings is 1. The van der Waals surface area contributed by atoms with Crippen molar-refractivity contribution in [1.29, 1.82) is 0 Å². The molecule has 1 aliphatic rings. The number of carbonyl (C=O) groups is 1. The molecule has 2 heterocycles. The van der Waals surface area contributed by atoms with E-state index in [-0.39, 0.29) is 29.1 Å². The Morgan fingerprint density at radius 2 is 1.88 bits per heavy atom. The Morgan fingerprint density at radius 3 is 2.46 bits per heavy atom. The third kappa shape index (κ3) is 3.33. The lowest BCUT2D eigenvalue weighted by Gasteiger charge is -2.10. The fraction of sp³-hybridized carbons (Fsp3) is 0.438. The van der Waals surface area contributed by atoms with Gasteiger partial charge in [-0.2, -0.15) is 0 Å². The van der Waals surface area contributed by atoms with Gasteiger partial charge in [0.2, 0.25) is 0 Å². The number of nitrogens with one attached hydrogen (secondary N) is 1. The number of hydrogen-bond donors (Lipinski definition) is 1. The summed E-state index contributed by atoms with van der Waals surface area (Å²) >= 11 is 0. The predicted molar refractivity (Wildman–Crippen MR) is 90.1 cm³/mol. The number of hydrogen-bond acceptors (Lipinski definition) is 5. The second-order valence-electron chi connectivity index (χ2n) is 6.35. The van der Waals surface area contributed by atoms with E-state index in [0.717, 1.165) is 16.8 Å². The Bertz CT molecular complexity index is 882. The molecule has 128 valence electrons. The van der Waals surface area contributed by atoms with Crippen molar-refractivity contribution in [2.45, 2.75) is 33.2 Å². The molecule has 1 amide bonds. The number of nitrogens with zero attached hydrogens (tertiary/aromatic N) is 3. The lowest BCUT2D eigenvalue weighted by molar-refractivity contribution is 0.0935. The summed E-state index contributed by atoms with van der Waals surface area (Å²) in [6.07, 6.45) is 0.443. The normalized spacial score (nSPS) is 19.4. The maximum Gasteiger partial charge on any atom is 0.274 e. The molecule has 0 bridgehead atoms. The molecule has 1 aliphatic heterocycles. The summed E-state index contributed by atoms with van der Waals surface area (Å²) in [5.41, 5.74) is 3.89. The van der Waals surface area contributed by atoms with Crippen LogP contribution >= 0.6 is 0 Å². The van der Waals surface area contributed by atoms with E-state index in [1.165, 1.54) is 0 Å². The van der Waals surface area contributed by atoms with Crippen molar-refractivity contribution >= 4 is 15.7 Å². The van der Waals surface area contributed by atoms with Crippen molar-refractivity contribution in [3.63, 3.8) is 0 Å². The minimum Gasteiger partial charge on any atom is -0.347 e. The second-order valence-corrected chi connectivity index (χ2v) is 8.58. The number of aryl methyl sites for hydroxylation is 2. The minimum absolute atomic E-state index is 0.0109. The van der Waals surface area contributed by atoms with Crippen molar-refractivity contribution in [2.24, 2.45) is 0 Å². The van der Waals surface area contributed by atoms with Crippen LogP contribution in [0.2, 0.25) is 0 Å². The van der Waals surface area contributed by atoms with Gasteiger partial charge in [-0.3, -0.25) is 4.79 Å². The van der Waals surface area contributed by atoms with Crippen LogP contribution in [0.4, 0.5) is 0 Å². The number of sulfone groups is 1. The first-order chi connectivity index (χ1) is 11.2. The van der Waals surface area contributed by atoms with Gasteiger partial charge in [-0.05, 0) is 50.5 Å². The van der Waals surface area contributed by atoms with Crippen molar-refractivity contribution < 1.29 is 13.2 Å². The van der Waals surface area contributed by atoms with Crippen molar-refractivity contribution in [1.82, 2.24) is 20.3 Å². The predicted octanol–water partition coefficient (Wildman–Crippen LogP) is 1.11. The maximum atomic E-state index is 12.4. The molecule has 0 saturated carbocycles. The first kappa shape index (κ1) is 16.6. The van der Waals surface area contributed by atoms with Crippen LogP contribution in [0.1, 0.15) is 33.7 Å². The van der Waals surface area contributed by atoms with Crippen LogP contribution in [0.25, 0.3) is 5.69 Å². The van der Waals surface area contributed by atoms with E-state index in [0.29, 0.717) is 12.1 Å². The largest absolute Gasteiger partial charge is 0.347 e. The zero-order chi connectivity index (χ0) is 17.5. The summed E-state index contributed by atoms with van der Waals surface area (Å²) in [6.45, 7) is 5.77. The number of amides is 1. The Labute approximate surface area is 141 Å². The Hall–Kier alpha value is -2.22. The van der Waals surface area contributed by atoms with E-state index in [1.807, 2.05) is 26.0 Å². The first-order valence-electron chi connectivity index (χ1n) is 7.77. The highest BCUT2D eigenvalue weighted by Crippen LogP contribution is 2.17. The molecule has 1 atom stereocenters. The van der Waals surface area contributed by atoms with Gasteiger partial charge < -0.3 is 5.32 Å². The van der Waals surface area contributed by atoms with Gasteiger partial charge in [0.25, 0.3) is 5.91 Å². The lowest BCUT2D eigenvalue weighted by Crippen LogP contribution is -2.36. The van der Waals surface area contributed by atoms with Crippen molar-refractivity contribution in [3.8, 4) is 5.69 Å². The van der Waals surface area contributed by atoms with E-state index < -0.39 is 9.84 Å². The van der Waals surface area contributed by atoms with Gasteiger partial charge in [0.15, 0.2) is 15.5 Å². The van der Waals surface area contributed by atoms with Crippen LogP contribution in [-0.4, -0.2) is 46.9 Å². The molecular weight excluding hydrogens is 328 g/mol. The average molecular weight is 348 g/mol. The first-order valence-corrected chi connectivity index (χ1v) is 9.59. The Morgan fingerprint density at radius 1 is 1.21 bits per heavy atom. The van der Waals surface area contributed by atoms with Crippen LogP contribution in [0, 0.1) is 20.8 Å². The summed E-state index contributed by atoms with van der Waals surface area (Å²) in [5.74, 6) is -0.278. The summed E-state index contributed by atoms with van der Waals surface area (Å²) in [6, 6.07) is 5.65. The van der Waals surface area contributed by atoms with Gasteiger partial charge in [0, 0.05) is 6.04 Å². The molecule has 0 spiro atoms. The number of rotatable bonds is 3. The quantitative estimate of drug-likeness (QED) is 0.897. The van der Waals surface area contributed by atoms with E-state index in [4.69, 9.17) is 0 Å². The Kier molecular flexibility index (Phi) is 4.16. The second kappa shape index (κ2) is 6.01. The molecule has 0 radical (unpaired) electrons. The van der Waals surface area contributed by atoms with E-state index in [9.17, 15) is 13.2 Å². The summed E-state index contributed by atoms with van der Waals surface area (Å²) in [7, 11) is -3.04. The van der Waals surface area contributed by atoms with E-state index in [2.05, 4.69) is 21.7 Å². The third-order valence-electron chi connectivity index (χ3n) is 4.13. The fourth-order valence-corrected chi connectivity index (χ4v) is 4.69. The fourth-order valence-electron chi connectivity index (χ4n) is 3.02. The minimum atomic E-state index is -3.04. The van der Waals surface area contributed by atoms with Gasteiger partial charge in [-0.25, -0.2) is 13.1 Å². The van der Waals surface area contributed by atoms with Gasteiger partial charge in [-0.15, -0.1) is 5.10 Å². The average Bonchev–Trinajstić information content (AvgIpc) is 3.00. The van der Waals surface area contributed by atoms with E-state index >= 15 is 0 Å². The van der Waals surface area contributed by atoms with Gasteiger partial charge in [-0.1, -0.05) is 11.3 Å². The molecule has 1 fully saturated rings. The molecule has 1 saturated heterocycles. The summed E-state index contributed by atoms with van der Waals surface area (Å²) in [5, 5.41) is 10.8. The molecule has 2 aromatic rings. The standard InChI is InChI=1S/C16H20N4O3S/c1-10-6-11(2)8-14(7-10)20-12(3)15(18-19-20)16(21)17-13-4-5-24(22,23)9-13/h6-8,13H,4-5,9H2,1-3H3,(H,17,21)/t13-/m0/s1. The SMILES string of the molecule is Cc1cc(C)cc(-n2nnc(C(=O)N[C@H]3CCS(=O)(=O)C3)c2C)c1. The molecule has 0 aliphatic carbocycles. The van der Waals surface area contributed by atoms with Crippen molar-refractivity contribution in [2.75, 3.05) is 11.5 Å². The molecule has 1 N–H and O–H groups in total. The topological polar surface area (TPSA) is 93.9 Å². The highest BCUT2D eigenvalue weighted by Gasteiger charge is 2.30. The molecule has 1 aromatic carbocycles. The molecular formula is C16H20N4O3S. The van der Waals surface area contributed by atoms with Crippen LogP contribution in [-0.2, 0) is 9.84 Å². The van der Waals surface area contributed by atoms with Crippen LogP contribution in [0.15, 0.2) is 18.2 Å². The number of carbonyl (C=O) groups excluding carboxylic acids is 1. The van der Waals surface area contributed by atoms with Crippen LogP contribution < -0.4 is 5.32 Å². The highest BCUT2D eigenvalue weighted by atomic mass is 32.2. The molecule has 8 heteroatoms. The molecule has 7 nitrogen and oxygen atoms in total. The Balaban J connectivity index is 1.83. The highest BCUT2D eigenvalue weighted by molar-refractivity contribution is 7.91. The van der Waals surface area contributed by atoms with E-state index in [1.54, 1.807) is 11.6 Å². The zero-order valence-electron chi connectivity index (χ0n) is 13.9. The summed E-state index contributed by atoms with van der Waals surface area (Å²) in [4.78, 5) is 12.4.